The standard InChI is InChI=1S/C17H25N3O2/c1-13(9-14-7-5-6-8-16(14)22-4)18-12-17(2,21)15-10-19-20(3)11-15/h5-8,10-11,13,18,21H,9,12H2,1-4H3. The van der Waals surface area contributed by atoms with Crippen LogP contribution in [0.3, 0.4) is 0 Å². The molecule has 0 saturated carbocycles. The molecule has 0 saturated heterocycles. The predicted octanol–water partition coefficient (Wildman–Crippen LogP) is 1.86. The Morgan fingerprint density at radius 1 is 1.41 bits per heavy atom. The quantitative estimate of drug-likeness (QED) is 0.819. The fraction of sp³-hybridized carbons (Fsp3) is 0.471. The number of hydrogen-bond acceptors (Lipinski definition) is 4. The summed E-state index contributed by atoms with van der Waals surface area (Å²) in [6, 6.07) is 8.23. The number of benzene rings is 1. The first kappa shape index (κ1) is 16.5. The molecule has 1 aromatic heterocycles. The van der Waals surface area contributed by atoms with Gasteiger partial charge in [0.2, 0.25) is 0 Å². The van der Waals surface area contributed by atoms with E-state index in [1.165, 1.54) is 0 Å². The molecule has 0 radical (unpaired) electrons. The highest BCUT2D eigenvalue weighted by atomic mass is 16.5. The van der Waals surface area contributed by atoms with Gasteiger partial charge in [-0.3, -0.25) is 4.68 Å². The molecule has 120 valence electrons. The Labute approximate surface area is 131 Å². The molecule has 2 rings (SSSR count). The third-order valence-corrected chi connectivity index (χ3v) is 3.84. The number of para-hydroxylation sites is 1. The Hall–Kier alpha value is -1.85. The molecule has 2 aromatic rings. The zero-order valence-electron chi connectivity index (χ0n) is 13.7. The molecule has 1 aromatic carbocycles. The maximum absolute atomic E-state index is 10.6. The summed E-state index contributed by atoms with van der Waals surface area (Å²) in [5.74, 6) is 0.898. The first-order chi connectivity index (χ1) is 10.4. The van der Waals surface area contributed by atoms with E-state index in [4.69, 9.17) is 4.74 Å². The van der Waals surface area contributed by atoms with Gasteiger partial charge in [-0.25, -0.2) is 0 Å². The van der Waals surface area contributed by atoms with Crippen LogP contribution >= 0.6 is 0 Å². The summed E-state index contributed by atoms with van der Waals surface area (Å²) >= 11 is 0. The van der Waals surface area contributed by atoms with Crippen molar-refractivity contribution in [3.05, 3.63) is 47.8 Å². The molecule has 0 aliphatic heterocycles. The van der Waals surface area contributed by atoms with Crippen LogP contribution in [0.1, 0.15) is 25.0 Å². The molecule has 2 unspecified atom stereocenters. The van der Waals surface area contributed by atoms with E-state index >= 15 is 0 Å². The van der Waals surface area contributed by atoms with Crippen molar-refractivity contribution in [3.8, 4) is 5.75 Å². The molecule has 0 spiro atoms. The van der Waals surface area contributed by atoms with Gasteiger partial charge in [-0.2, -0.15) is 5.10 Å². The Bertz CT molecular complexity index is 607. The fourth-order valence-electron chi connectivity index (χ4n) is 2.45. The highest BCUT2D eigenvalue weighted by Crippen LogP contribution is 2.21. The Morgan fingerprint density at radius 2 is 2.14 bits per heavy atom. The summed E-state index contributed by atoms with van der Waals surface area (Å²) in [4.78, 5) is 0. The van der Waals surface area contributed by atoms with Crippen LogP contribution in [0.15, 0.2) is 36.7 Å². The Balaban J connectivity index is 1.93. The number of methoxy groups -OCH3 is 1. The smallest absolute Gasteiger partial charge is 0.122 e. The number of aliphatic hydroxyl groups is 1. The number of rotatable bonds is 7. The van der Waals surface area contributed by atoms with E-state index in [9.17, 15) is 5.11 Å². The number of nitrogens with one attached hydrogen (secondary N) is 1. The fourth-order valence-corrected chi connectivity index (χ4v) is 2.45. The van der Waals surface area contributed by atoms with Gasteiger partial charge in [0.05, 0.1) is 13.3 Å². The van der Waals surface area contributed by atoms with Gasteiger partial charge in [-0.1, -0.05) is 18.2 Å². The van der Waals surface area contributed by atoms with Crippen molar-refractivity contribution in [3.63, 3.8) is 0 Å². The number of nitrogens with zero attached hydrogens (tertiary/aromatic N) is 2. The second-order valence-corrected chi connectivity index (χ2v) is 5.97. The first-order valence-corrected chi connectivity index (χ1v) is 7.49. The van der Waals surface area contributed by atoms with Gasteiger partial charge in [-0.05, 0) is 31.9 Å². The van der Waals surface area contributed by atoms with Crippen LogP contribution in [-0.4, -0.2) is 34.6 Å². The van der Waals surface area contributed by atoms with Crippen LogP contribution in [0.2, 0.25) is 0 Å². The van der Waals surface area contributed by atoms with Crippen molar-refractivity contribution in [1.29, 1.82) is 0 Å². The lowest BCUT2D eigenvalue weighted by molar-refractivity contribution is 0.0543. The van der Waals surface area contributed by atoms with E-state index in [-0.39, 0.29) is 6.04 Å². The Kier molecular flexibility index (Phi) is 5.21. The van der Waals surface area contributed by atoms with E-state index in [0.717, 1.165) is 23.3 Å². The highest BCUT2D eigenvalue weighted by Gasteiger charge is 2.25. The van der Waals surface area contributed by atoms with E-state index in [1.54, 1.807) is 24.9 Å². The summed E-state index contributed by atoms with van der Waals surface area (Å²) in [5.41, 5.74) is 1.03. The third-order valence-electron chi connectivity index (χ3n) is 3.84. The van der Waals surface area contributed by atoms with Gasteiger partial charge < -0.3 is 15.2 Å². The number of aryl methyl sites for hydroxylation is 1. The van der Waals surface area contributed by atoms with Crippen molar-refractivity contribution in [2.45, 2.75) is 31.9 Å². The van der Waals surface area contributed by atoms with Gasteiger partial charge in [0.25, 0.3) is 0 Å². The van der Waals surface area contributed by atoms with Crippen molar-refractivity contribution in [1.82, 2.24) is 15.1 Å². The van der Waals surface area contributed by atoms with Gasteiger partial charge in [-0.15, -0.1) is 0 Å². The van der Waals surface area contributed by atoms with Gasteiger partial charge in [0.15, 0.2) is 0 Å². The second-order valence-electron chi connectivity index (χ2n) is 5.97. The minimum Gasteiger partial charge on any atom is -0.496 e. The van der Waals surface area contributed by atoms with Crippen LogP contribution in [0.5, 0.6) is 5.75 Å². The summed E-state index contributed by atoms with van der Waals surface area (Å²) in [6.07, 6.45) is 4.38. The molecule has 1 heterocycles. The average Bonchev–Trinajstić information content (AvgIpc) is 2.93. The Morgan fingerprint density at radius 3 is 2.77 bits per heavy atom. The zero-order valence-corrected chi connectivity index (χ0v) is 13.7. The topological polar surface area (TPSA) is 59.3 Å². The highest BCUT2D eigenvalue weighted by molar-refractivity contribution is 5.33. The maximum Gasteiger partial charge on any atom is 0.122 e. The summed E-state index contributed by atoms with van der Waals surface area (Å²) in [5, 5.41) is 18.1. The average molecular weight is 303 g/mol. The largest absolute Gasteiger partial charge is 0.496 e. The first-order valence-electron chi connectivity index (χ1n) is 7.49. The third kappa shape index (κ3) is 4.08. The van der Waals surface area contributed by atoms with Gasteiger partial charge >= 0.3 is 0 Å². The van der Waals surface area contributed by atoms with Crippen molar-refractivity contribution in [2.75, 3.05) is 13.7 Å². The molecule has 0 bridgehead atoms. The van der Waals surface area contributed by atoms with Crippen molar-refractivity contribution < 1.29 is 9.84 Å². The summed E-state index contributed by atoms with van der Waals surface area (Å²) in [6.45, 7) is 4.37. The van der Waals surface area contributed by atoms with Crippen LogP contribution in [0.4, 0.5) is 0 Å². The maximum atomic E-state index is 10.6. The normalized spacial score (nSPS) is 15.3. The number of ether oxygens (including phenoxy) is 1. The van der Waals surface area contributed by atoms with Gasteiger partial charge in [0, 0.05) is 31.4 Å². The molecule has 0 aliphatic carbocycles. The van der Waals surface area contributed by atoms with E-state index < -0.39 is 5.60 Å². The molecule has 2 atom stereocenters. The molecular formula is C17H25N3O2. The molecule has 0 amide bonds. The van der Waals surface area contributed by atoms with Crippen LogP contribution in [-0.2, 0) is 19.1 Å². The van der Waals surface area contributed by atoms with E-state index in [1.807, 2.05) is 31.4 Å². The van der Waals surface area contributed by atoms with Crippen molar-refractivity contribution >= 4 is 0 Å². The van der Waals surface area contributed by atoms with Crippen LogP contribution in [0.25, 0.3) is 0 Å². The monoisotopic (exact) mass is 303 g/mol. The minimum absolute atomic E-state index is 0.222. The summed E-state index contributed by atoms with van der Waals surface area (Å²) < 4.78 is 7.07. The number of aromatic nitrogens is 2. The van der Waals surface area contributed by atoms with Crippen LogP contribution in [0, 0.1) is 0 Å². The molecule has 2 N–H and O–H groups in total. The number of hydrogen-bond donors (Lipinski definition) is 2. The molecule has 5 nitrogen and oxygen atoms in total. The molecule has 5 heteroatoms. The predicted molar refractivity (Wildman–Crippen MR) is 86.9 cm³/mol. The van der Waals surface area contributed by atoms with Gasteiger partial charge in [0.1, 0.15) is 11.4 Å². The molecule has 0 aliphatic rings. The SMILES string of the molecule is COc1ccccc1CC(C)NCC(C)(O)c1cnn(C)c1. The van der Waals surface area contributed by atoms with Crippen LogP contribution < -0.4 is 10.1 Å². The lowest BCUT2D eigenvalue weighted by atomic mass is 9.98. The zero-order chi connectivity index (χ0) is 16.2. The minimum atomic E-state index is -0.941. The lowest BCUT2D eigenvalue weighted by Crippen LogP contribution is -2.40. The second kappa shape index (κ2) is 6.94. The summed E-state index contributed by atoms with van der Waals surface area (Å²) in [7, 11) is 3.53. The van der Waals surface area contributed by atoms with Crippen molar-refractivity contribution in [2.24, 2.45) is 7.05 Å². The lowest BCUT2D eigenvalue weighted by Gasteiger charge is -2.25. The molecule has 0 fully saturated rings. The van der Waals surface area contributed by atoms with E-state index in [2.05, 4.69) is 23.4 Å². The molecule has 22 heavy (non-hydrogen) atoms. The molecular weight excluding hydrogens is 278 g/mol. The van der Waals surface area contributed by atoms with E-state index in [0.29, 0.717) is 6.54 Å².